The number of hydrogen-bond donors (Lipinski definition) is 1. The van der Waals surface area contributed by atoms with E-state index in [-0.39, 0.29) is 0 Å². The van der Waals surface area contributed by atoms with E-state index in [4.69, 9.17) is 10.7 Å². The molecule has 0 saturated heterocycles. The highest BCUT2D eigenvalue weighted by molar-refractivity contribution is 9.11. The van der Waals surface area contributed by atoms with Gasteiger partial charge < -0.3 is 10.3 Å². The van der Waals surface area contributed by atoms with Crippen LogP contribution >= 0.6 is 31.9 Å². The lowest BCUT2D eigenvalue weighted by molar-refractivity contribution is 0.796. The van der Waals surface area contributed by atoms with E-state index in [0.717, 1.165) is 43.5 Å². The molecule has 0 unspecified atom stereocenters. The Hall–Kier alpha value is -1.17. The summed E-state index contributed by atoms with van der Waals surface area (Å²) in [6.45, 7) is 3.54. The van der Waals surface area contributed by atoms with E-state index < -0.39 is 0 Å². The zero-order valence-electron chi connectivity index (χ0n) is 11.6. The molecule has 0 aliphatic heterocycles. The van der Waals surface area contributed by atoms with Gasteiger partial charge in [-0.25, -0.2) is 4.98 Å². The van der Waals surface area contributed by atoms with Crippen LogP contribution in [0.2, 0.25) is 0 Å². The molecule has 5 heteroatoms. The number of nitrogens with two attached hydrogens (primary N) is 1. The maximum Gasteiger partial charge on any atom is 0.141 e. The Morgan fingerprint density at radius 1 is 1.10 bits per heavy atom. The van der Waals surface area contributed by atoms with Gasteiger partial charge in [0, 0.05) is 27.6 Å². The van der Waals surface area contributed by atoms with Crippen molar-refractivity contribution in [2.24, 2.45) is 5.73 Å². The van der Waals surface area contributed by atoms with Crippen molar-refractivity contribution in [3.8, 4) is 11.4 Å². The number of hydrogen-bond acceptors (Lipinski definition) is 2. The van der Waals surface area contributed by atoms with Crippen LogP contribution < -0.4 is 5.73 Å². The van der Waals surface area contributed by atoms with Crippen LogP contribution in [0, 0.1) is 0 Å². The van der Waals surface area contributed by atoms with Crippen LogP contribution in [0.5, 0.6) is 0 Å². The van der Waals surface area contributed by atoms with E-state index in [2.05, 4.69) is 73.7 Å². The SMILES string of the molecule is CCn1c(-c2cc(Br)cc(Br)c2)nc2cc(CN)ccc21. The van der Waals surface area contributed by atoms with Crippen LogP contribution in [-0.4, -0.2) is 9.55 Å². The van der Waals surface area contributed by atoms with Gasteiger partial charge >= 0.3 is 0 Å². The predicted octanol–water partition coefficient (Wildman–Crippen LogP) is 4.71. The molecule has 0 bridgehead atoms. The topological polar surface area (TPSA) is 43.8 Å². The van der Waals surface area contributed by atoms with E-state index in [0.29, 0.717) is 6.54 Å². The van der Waals surface area contributed by atoms with E-state index in [1.54, 1.807) is 0 Å². The van der Waals surface area contributed by atoms with E-state index in [1.807, 2.05) is 6.07 Å². The Morgan fingerprint density at radius 3 is 2.43 bits per heavy atom. The molecule has 0 spiro atoms. The normalized spacial score (nSPS) is 11.2. The quantitative estimate of drug-likeness (QED) is 0.682. The Morgan fingerprint density at radius 2 is 1.81 bits per heavy atom. The van der Waals surface area contributed by atoms with E-state index in [1.165, 1.54) is 0 Å². The average molecular weight is 409 g/mol. The number of rotatable bonds is 3. The molecular formula is C16H15Br2N3. The summed E-state index contributed by atoms with van der Waals surface area (Å²) in [6, 6.07) is 12.4. The van der Waals surface area contributed by atoms with Crippen LogP contribution in [-0.2, 0) is 13.1 Å². The van der Waals surface area contributed by atoms with Crippen molar-refractivity contribution >= 4 is 42.9 Å². The number of nitrogens with zero attached hydrogens (tertiary/aromatic N) is 2. The average Bonchev–Trinajstić information content (AvgIpc) is 2.83. The molecule has 0 fully saturated rings. The first-order valence-corrected chi connectivity index (χ1v) is 8.36. The Balaban J connectivity index is 2.26. The van der Waals surface area contributed by atoms with Crippen molar-refractivity contribution < 1.29 is 0 Å². The van der Waals surface area contributed by atoms with Crippen molar-refractivity contribution in [3.05, 3.63) is 50.9 Å². The lowest BCUT2D eigenvalue weighted by atomic mass is 10.2. The highest BCUT2D eigenvalue weighted by atomic mass is 79.9. The van der Waals surface area contributed by atoms with Gasteiger partial charge in [0.1, 0.15) is 5.82 Å². The van der Waals surface area contributed by atoms with Crippen molar-refractivity contribution in [2.45, 2.75) is 20.0 Å². The minimum Gasteiger partial charge on any atom is -0.326 e. The number of benzene rings is 2. The molecule has 1 heterocycles. The molecule has 3 aromatic rings. The molecule has 0 aliphatic carbocycles. The van der Waals surface area contributed by atoms with Crippen LogP contribution in [0.4, 0.5) is 0 Å². The highest BCUT2D eigenvalue weighted by Crippen LogP contribution is 2.30. The summed E-state index contributed by atoms with van der Waals surface area (Å²) in [5, 5.41) is 0. The number of aromatic nitrogens is 2. The van der Waals surface area contributed by atoms with Gasteiger partial charge in [-0.2, -0.15) is 0 Å². The minimum atomic E-state index is 0.534. The smallest absolute Gasteiger partial charge is 0.141 e. The molecule has 0 amide bonds. The predicted molar refractivity (Wildman–Crippen MR) is 94.1 cm³/mol. The number of aryl methyl sites for hydroxylation is 1. The van der Waals surface area contributed by atoms with Gasteiger partial charge in [-0.05, 0) is 42.8 Å². The molecule has 21 heavy (non-hydrogen) atoms. The van der Waals surface area contributed by atoms with E-state index in [9.17, 15) is 0 Å². The van der Waals surface area contributed by atoms with Crippen LogP contribution in [0.15, 0.2) is 45.3 Å². The van der Waals surface area contributed by atoms with Crippen LogP contribution in [0.1, 0.15) is 12.5 Å². The zero-order chi connectivity index (χ0) is 15.0. The Bertz CT molecular complexity index is 788. The summed E-state index contributed by atoms with van der Waals surface area (Å²) < 4.78 is 4.29. The largest absolute Gasteiger partial charge is 0.326 e. The standard InChI is InChI=1S/C16H15Br2N3/c1-2-21-15-4-3-10(9-19)5-14(15)20-16(21)11-6-12(17)8-13(18)7-11/h3-8H,2,9,19H2,1H3. The van der Waals surface area contributed by atoms with E-state index >= 15 is 0 Å². The lowest BCUT2D eigenvalue weighted by Crippen LogP contribution is -1.98. The second-order valence-corrected chi connectivity index (χ2v) is 6.70. The molecule has 0 radical (unpaired) electrons. The number of halogens is 2. The van der Waals surface area contributed by atoms with Crippen molar-refractivity contribution in [2.75, 3.05) is 0 Å². The first-order valence-electron chi connectivity index (χ1n) is 6.78. The molecule has 3 nitrogen and oxygen atoms in total. The van der Waals surface area contributed by atoms with Gasteiger partial charge in [0.2, 0.25) is 0 Å². The third-order valence-electron chi connectivity index (χ3n) is 3.49. The van der Waals surface area contributed by atoms with Gasteiger partial charge in [-0.1, -0.05) is 37.9 Å². The fourth-order valence-electron chi connectivity index (χ4n) is 2.53. The summed E-state index contributed by atoms with van der Waals surface area (Å²) in [5.41, 5.74) is 10.0. The highest BCUT2D eigenvalue weighted by Gasteiger charge is 2.12. The molecule has 0 aliphatic rings. The maximum absolute atomic E-state index is 5.72. The van der Waals surface area contributed by atoms with Crippen molar-refractivity contribution in [1.82, 2.24) is 9.55 Å². The minimum absolute atomic E-state index is 0.534. The molecular weight excluding hydrogens is 394 g/mol. The fourth-order valence-corrected chi connectivity index (χ4v) is 3.82. The summed E-state index contributed by atoms with van der Waals surface area (Å²) in [5.74, 6) is 0.976. The van der Waals surface area contributed by atoms with Crippen molar-refractivity contribution in [1.29, 1.82) is 0 Å². The fraction of sp³-hybridized carbons (Fsp3) is 0.188. The lowest BCUT2D eigenvalue weighted by Gasteiger charge is -2.07. The molecule has 0 atom stereocenters. The van der Waals surface area contributed by atoms with Crippen LogP contribution in [0.25, 0.3) is 22.4 Å². The second kappa shape index (κ2) is 5.91. The van der Waals surface area contributed by atoms with Gasteiger partial charge in [0.15, 0.2) is 0 Å². The first-order chi connectivity index (χ1) is 10.1. The molecule has 2 aromatic carbocycles. The summed E-state index contributed by atoms with van der Waals surface area (Å²) in [4.78, 5) is 4.81. The summed E-state index contributed by atoms with van der Waals surface area (Å²) in [7, 11) is 0. The van der Waals surface area contributed by atoms with Gasteiger partial charge in [0.25, 0.3) is 0 Å². The van der Waals surface area contributed by atoms with Gasteiger partial charge in [0.05, 0.1) is 11.0 Å². The zero-order valence-corrected chi connectivity index (χ0v) is 14.8. The maximum atomic E-state index is 5.72. The Labute approximate surface area is 140 Å². The number of fused-ring (bicyclic) bond motifs is 1. The summed E-state index contributed by atoms with van der Waals surface area (Å²) in [6.07, 6.45) is 0. The molecule has 3 rings (SSSR count). The molecule has 2 N–H and O–H groups in total. The Kier molecular flexibility index (Phi) is 4.15. The molecule has 1 aromatic heterocycles. The second-order valence-electron chi connectivity index (χ2n) is 4.86. The number of imidazole rings is 1. The van der Waals surface area contributed by atoms with Crippen molar-refractivity contribution in [3.63, 3.8) is 0 Å². The monoisotopic (exact) mass is 407 g/mol. The summed E-state index contributed by atoms with van der Waals surface area (Å²) >= 11 is 7.08. The third-order valence-corrected chi connectivity index (χ3v) is 4.40. The first kappa shape index (κ1) is 14.8. The van der Waals surface area contributed by atoms with Gasteiger partial charge in [-0.3, -0.25) is 0 Å². The molecule has 0 saturated carbocycles. The van der Waals surface area contributed by atoms with Gasteiger partial charge in [-0.15, -0.1) is 0 Å². The molecule has 108 valence electrons. The third kappa shape index (κ3) is 2.78. The van der Waals surface area contributed by atoms with Crippen LogP contribution in [0.3, 0.4) is 0 Å².